The molecule has 0 aliphatic rings. The zero-order valence-corrected chi connectivity index (χ0v) is 6.64. The first-order chi connectivity index (χ1) is 4.22. The molecule has 0 aromatic carbocycles. The van der Waals surface area contributed by atoms with Crippen LogP contribution in [0.2, 0.25) is 0 Å². The maximum atomic E-state index is 10.4. The predicted molar refractivity (Wildman–Crippen MR) is 35.4 cm³/mol. The van der Waals surface area contributed by atoms with Crippen LogP contribution in [0.5, 0.6) is 0 Å². The number of nitrogens with zero attached hydrogens (tertiary/aromatic N) is 1. The molecular weight excluding hydrogens is 190 g/mol. The number of halogens is 1. The predicted octanol–water partition coefficient (Wildman–Crippen LogP) is 0.514. The molecule has 5 heteroatoms. The summed E-state index contributed by atoms with van der Waals surface area (Å²) in [4.78, 5) is 14.7. The van der Waals surface area contributed by atoms with E-state index in [1.165, 1.54) is 14.2 Å². The van der Waals surface area contributed by atoms with Crippen LogP contribution >= 0.6 is 15.9 Å². The summed E-state index contributed by atoms with van der Waals surface area (Å²) in [6, 6.07) is 0. The van der Waals surface area contributed by atoms with E-state index in [0.717, 1.165) is 0 Å². The van der Waals surface area contributed by atoms with Crippen molar-refractivity contribution in [1.82, 2.24) is 0 Å². The highest BCUT2D eigenvalue weighted by molar-refractivity contribution is 9.19. The van der Waals surface area contributed by atoms with Crippen molar-refractivity contribution in [1.29, 1.82) is 0 Å². The molecule has 0 bridgehead atoms. The van der Waals surface area contributed by atoms with Crippen LogP contribution in [0, 0.1) is 0 Å². The standard InChI is InChI=1S/C4H6BrNO3/c1-8-4(7)3(5)6-9-2/h1-2H3. The van der Waals surface area contributed by atoms with Crippen molar-refractivity contribution < 1.29 is 14.4 Å². The van der Waals surface area contributed by atoms with Gasteiger partial charge in [0.2, 0.25) is 4.62 Å². The van der Waals surface area contributed by atoms with Crippen molar-refractivity contribution in [2.45, 2.75) is 0 Å². The molecule has 0 aromatic rings. The zero-order valence-electron chi connectivity index (χ0n) is 5.05. The van der Waals surface area contributed by atoms with E-state index in [1.807, 2.05) is 0 Å². The van der Waals surface area contributed by atoms with Crippen LogP contribution < -0.4 is 0 Å². The van der Waals surface area contributed by atoms with Crippen LogP contribution in [0.1, 0.15) is 0 Å². The molecule has 0 amide bonds. The topological polar surface area (TPSA) is 47.9 Å². The Hall–Kier alpha value is -0.580. The summed E-state index contributed by atoms with van der Waals surface area (Å²) in [5.74, 6) is -0.558. The van der Waals surface area contributed by atoms with Crippen molar-refractivity contribution in [2.24, 2.45) is 5.16 Å². The Kier molecular flexibility index (Phi) is 4.04. The van der Waals surface area contributed by atoms with Crippen molar-refractivity contribution in [2.75, 3.05) is 14.2 Å². The van der Waals surface area contributed by atoms with Crippen LogP contribution in [-0.4, -0.2) is 24.8 Å². The smallest absolute Gasteiger partial charge is 0.367 e. The number of hydrogen-bond acceptors (Lipinski definition) is 4. The van der Waals surface area contributed by atoms with Crippen molar-refractivity contribution in [3.63, 3.8) is 0 Å². The van der Waals surface area contributed by atoms with Gasteiger partial charge in [0.1, 0.15) is 7.11 Å². The minimum absolute atomic E-state index is 0.0208. The number of esters is 1. The first kappa shape index (κ1) is 8.42. The van der Waals surface area contributed by atoms with Gasteiger partial charge in [-0.2, -0.15) is 0 Å². The van der Waals surface area contributed by atoms with Gasteiger partial charge < -0.3 is 9.57 Å². The van der Waals surface area contributed by atoms with E-state index in [9.17, 15) is 4.79 Å². The lowest BCUT2D eigenvalue weighted by Crippen LogP contribution is -2.08. The third-order valence-electron chi connectivity index (χ3n) is 0.525. The number of hydrogen-bond donors (Lipinski definition) is 0. The summed E-state index contributed by atoms with van der Waals surface area (Å²) >= 11 is 2.81. The summed E-state index contributed by atoms with van der Waals surface area (Å²) in [6.45, 7) is 0. The highest BCUT2D eigenvalue weighted by atomic mass is 79.9. The molecule has 0 spiro atoms. The van der Waals surface area contributed by atoms with Gasteiger partial charge in [-0.3, -0.25) is 0 Å². The van der Waals surface area contributed by atoms with Gasteiger partial charge in [0.15, 0.2) is 0 Å². The third kappa shape index (κ3) is 3.07. The molecule has 0 aromatic heterocycles. The van der Waals surface area contributed by atoms with Crippen LogP contribution in [-0.2, 0) is 14.4 Å². The van der Waals surface area contributed by atoms with Crippen molar-refractivity contribution in [3.8, 4) is 0 Å². The molecule has 9 heavy (non-hydrogen) atoms. The summed E-state index contributed by atoms with van der Waals surface area (Å²) in [5, 5.41) is 3.25. The molecule has 0 aliphatic carbocycles. The van der Waals surface area contributed by atoms with E-state index in [-0.39, 0.29) is 4.62 Å². The molecule has 0 fully saturated rings. The minimum atomic E-state index is -0.558. The van der Waals surface area contributed by atoms with Crippen molar-refractivity contribution in [3.05, 3.63) is 0 Å². The third-order valence-corrected chi connectivity index (χ3v) is 0.994. The first-order valence-corrected chi connectivity index (χ1v) is 2.86. The number of carbonyl (C=O) groups is 1. The average Bonchev–Trinajstić information content (AvgIpc) is 1.87. The Morgan fingerprint density at radius 3 is 2.44 bits per heavy atom. The van der Waals surface area contributed by atoms with Crippen LogP contribution in [0.3, 0.4) is 0 Å². The molecule has 0 saturated heterocycles. The first-order valence-electron chi connectivity index (χ1n) is 2.07. The molecule has 0 N–H and O–H groups in total. The quantitative estimate of drug-likeness (QED) is 0.367. The van der Waals surface area contributed by atoms with Gasteiger partial charge >= 0.3 is 5.97 Å². The molecular formula is C4H6BrNO3. The lowest BCUT2D eigenvalue weighted by molar-refractivity contribution is -0.132. The van der Waals surface area contributed by atoms with Gasteiger partial charge in [0.05, 0.1) is 7.11 Å². The van der Waals surface area contributed by atoms with Crippen LogP contribution in [0.4, 0.5) is 0 Å². The van der Waals surface area contributed by atoms with E-state index in [2.05, 4.69) is 30.7 Å². The summed E-state index contributed by atoms with van der Waals surface area (Å²) < 4.78 is 4.29. The second kappa shape index (κ2) is 4.31. The highest BCUT2D eigenvalue weighted by Gasteiger charge is 2.06. The highest BCUT2D eigenvalue weighted by Crippen LogP contribution is 1.91. The lowest BCUT2D eigenvalue weighted by Gasteiger charge is -1.92. The molecule has 0 radical (unpaired) electrons. The molecule has 52 valence electrons. The molecule has 0 unspecified atom stereocenters. The Bertz CT molecular complexity index is 134. The van der Waals surface area contributed by atoms with Gasteiger partial charge in [-0.15, -0.1) is 0 Å². The molecule has 0 saturated carbocycles. The molecule has 0 atom stereocenters. The molecule has 4 nitrogen and oxygen atoms in total. The minimum Gasteiger partial charge on any atom is -0.464 e. The fourth-order valence-electron chi connectivity index (χ4n) is 0.202. The number of rotatable bonds is 2. The zero-order chi connectivity index (χ0) is 7.28. The second-order valence-electron chi connectivity index (χ2n) is 1.06. The Labute approximate surface area is 60.9 Å². The molecule has 0 rings (SSSR count). The van der Waals surface area contributed by atoms with Crippen LogP contribution in [0.15, 0.2) is 5.16 Å². The number of carbonyl (C=O) groups excluding carboxylic acids is 1. The fourth-order valence-corrected chi connectivity index (χ4v) is 0.508. The fraction of sp³-hybridized carbons (Fsp3) is 0.500. The Morgan fingerprint density at radius 2 is 2.11 bits per heavy atom. The van der Waals surface area contributed by atoms with Gasteiger partial charge in [0.25, 0.3) is 0 Å². The maximum Gasteiger partial charge on any atom is 0.367 e. The summed E-state index contributed by atoms with van der Waals surface area (Å²) in [7, 11) is 2.60. The van der Waals surface area contributed by atoms with Gasteiger partial charge in [0, 0.05) is 0 Å². The molecule has 0 heterocycles. The van der Waals surface area contributed by atoms with Crippen LogP contribution in [0.25, 0.3) is 0 Å². The van der Waals surface area contributed by atoms with Gasteiger partial charge in [-0.25, -0.2) is 4.79 Å². The van der Waals surface area contributed by atoms with E-state index < -0.39 is 5.97 Å². The summed E-state index contributed by atoms with van der Waals surface area (Å²) in [6.07, 6.45) is 0. The normalized spacial score (nSPS) is 10.8. The number of methoxy groups -OCH3 is 1. The van der Waals surface area contributed by atoms with Gasteiger partial charge in [-0.1, -0.05) is 5.16 Å². The number of ether oxygens (including phenoxy) is 1. The molecule has 0 aliphatic heterocycles. The van der Waals surface area contributed by atoms with E-state index in [4.69, 9.17) is 0 Å². The second-order valence-corrected chi connectivity index (χ2v) is 1.81. The SMILES string of the molecule is CON=C(Br)C(=O)OC. The summed E-state index contributed by atoms with van der Waals surface area (Å²) in [5.41, 5.74) is 0. The largest absolute Gasteiger partial charge is 0.464 e. The monoisotopic (exact) mass is 195 g/mol. The Morgan fingerprint density at radius 1 is 1.56 bits per heavy atom. The average molecular weight is 196 g/mol. The van der Waals surface area contributed by atoms with E-state index in [0.29, 0.717) is 0 Å². The van der Waals surface area contributed by atoms with Crippen molar-refractivity contribution >= 4 is 26.5 Å². The Balaban J connectivity index is 3.86. The maximum absolute atomic E-state index is 10.4. The van der Waals surface area contributed by atoms with E-state index >= 15 is 0 Å². The van der Waals surface area contributed by atoms with E-state index in [1.54, 1.807) is 0 Å². The number of oxime groups is 1. The lowest BCUT2D eigenvalue weighted by atomic mass is 10.8. The van der Waals surface area contributed by atoms with Gasteiger partial charge in [-0.05, 0) is 15.9 Å².